The van der Waals surface area contributed by atoms with Crippen molar-refractivity contribution in [2.75, 3.05) is 17.2 Å². The number of carboxylic acid groups (broad SMARTS) is 1. The van der Waals surface area contributed by atoms with Crippen LogP contribution >= 0.6 is 50.8 Å². The maximum atomic E-state index is 12.8. The molecular formula is C16H15BrN8O4S3. The largest absolute Gasteiger partial charge is 0.477 e. The van der Waals surface area contributed by atoms with E-state index in [0.717, 1.165) is 0 Å². The number of thioether (sulfide) groups is 2. The first-order chi connectivity index (χ1) is 15.3. The number of fused-ring (bicyclic) bond motifs is 1. The van der Waals surface area contributed by atoms with E-state index in [2.05, 4.69) is 41.8 Å². The number of thiazole rings is 1. The topological polar surface area (TPSA) is 169 Å². The second kappa shape index (κ2) is 9.21. The minimum absolute atomic E-state index is 0.0598. The van der Waals surface area contributed by atoms with Crippen molar-refractivity contribution in [2.24, 2.45) is 7.05 Å². The summed E-state index contributed by atoms with van der Waals surface area (Å²) in [6, 6.07) is -0.850. The first kappa shape index (κ1) is 22.8. The van der Waals surface area contributed by atoms with E-state index >= 15 is 0 Å². The molecule has 32 heavy (non-hydrogen) atoms. The Labute approximate surface area is 201 Å². The van der Waals surface area contributed by atoms with Gasteiger partial charge >= 0.3 is 5.97 Å². The standard InChI is InChI=1S/C16H15BrN8O4S3/c1-24-16(21-22-23-24)32-4-6-3-30-13-9(12(27)25(13)10(6)14(28)29)20-11(26)7(2-17)8-5-31-15(18)19-8/h2,5,9,13H,3-4H2,1H3,(H2,18,19)(H,20,26)(H,28,29)/t9?,13-/m1/s1. The fourth-order valence-electron chi connectivity index (χ4n) is 3.14. The molecule has 1 fully saturated rings. The highest BCUT2D eigenvalue weighted by Crippen LogP contribution is 2.41. The van der Waals surface area contributed by atoms with Gasteiger partial charge in [-0.2, -0.15) is 0 Å². The molecule has 1 unspecified atom stereocenters. The van der Waals surface area contributed by atoms with Crippen molar-refractivity contribution in [3.63, 3.8) is 0 Å². The minimum Gasteiger partial charge on any atom is -0.477 e. The van der Waals surface area contributed by atoms with Crippen LogP contribution in [0.15, 0.2) is 26.8 Å². The summed E-state index contributed by atoms with van der Waals surface area (Å²) in [4.78, 5) is 44.2. The molecule has 12 nitrogen and oxygen atoms in total. The summed E-state index contributed by atoms with van der Waals surface area (Å²) in [5.41, 5.74) is 6.76. The Kier molecular flexibility index (Phi) is 6.55. The number of β-lactam (4-membered cyclic amide) rings is 1. The predicted molar refractivity (Wildman–Crippen MR) is 123 cm³/mol. The molecule has 4 rings (SSSR count). The van der Waals surface area contributed by atoms with Crippen LogP contribution in [0.25, 0.3) is 5.57 Å². The van der Waals surface area contributed by atoms with E-state index < -0.39 is 29.2 Å². The number of nitrogens with two attached hydrogens (primary N) is 1. The highest BCUT2D eigenvalue weighted by atomic mass is 79.9. The molecule has 0 bridgehead atoms. The predicted octanol–water partition coefficient (Wildman–Crippen LogP) is 0.516. The van der Waals surface area contributed by atoms with Gasteiger partial charge in [-0.3, -0.25) is 14.5 Å². The molecule has 0 aromatic carbocycles. The highest BCUT2D eigenvalue weighted by molar-refractivity contribution is 9.11. The van der Waals surface area contributed by atoms with Crippen LogP contribution in [0.4, 0.5) is 5.13 Å². The lowest BCUT2D eigenvalue weighted by atomic mass is 10.0. The number of nitrogen functional groups attached to an aromatic ring is 1. The number of hydrogen-bond donors (Lipinski definition) is 3. The number of halogens is 1. The molecule has 2 amide bonds. The molecule has 168 valence electrons. The van der Waals surface area contributed by atoms with Gasteiger partial charge in [0.1, 0.15) is 17.1 Å². The Hall–Kier alpha value is -2.43. The lowest BCUT2D eigenvalue weighted by molar-refractivity contribution is -0.150. The van der Waals surface area contributed by atoms with Crippen molar-refractivity contribution in [3.05, 3.63) is 27.3 Å². The van der Waals surface area contributed by atoms with Gasteiger partial charge in [-0.05, 0) is 21.0 Å². The summed E-state index contributed by atoms with van der Waals surface area (Å²) < 4.78 is 1.48. The Balaban J connectivity index is 1.48. The van der Waals surface area contributed by atoms with E-state index in [1.54, 1.807) is 12.4 Å². The SMILES string of the molecule is Cn1nnnc1SCC1=C(C(=O)O)N2C(=O)C(NC(=O)C(=CBr)c3csc(N)n3)[C@H]2SC1. The van der Waals surface area contributed by atoms with Crippen LogP contribution in [0.2, 0.25) is 0 Å². The van der Waals surface area contributed by atoms with Gasteiger partial charge in [0, 0.05) is 23.9 Å². The first-order valence-electron chi connectivity index (χ1n) is 8.89. The normalized spacial score (nSPS) is 20.8. The van der Waals surface area contributed by atoms with Crippen LogP contribution < -0.4 is 11.1 Å². The second-order valence-electron chi connectivity index (χ2n) is 6.59. The van der Waals surface area contributed by atoms with Crippen molar-refractivity contribution in [3.8, 4) is 0 Å². The molecule has 2 aliphatic heterocycles. The number of carboxylic acids is 1. The van der Waals surface area contributed by atoms with Crippen LogP contribution in [0, 0.1) is 0 Å². The maximum Gasteiger partial charge on any atom is 0.352 e. The van der Waals surface area contributed by atoms with Gasteiger partial charge in [-0.1, -0.05) is 27.7 Å². The van der Waals surface area contributed by atoms with Crippen molar-refractivity contribution in [1.82, 2.24) is 35.4 Å². The van der Waals surface area contributed by atoms with Gasteiger partial charge in [0.2, 0.25) is 5.16 Å². The summed E-state index contributed by atoms with van der Waals surface area (Å²) >= 11 is 7.01. The quantitative estimate of drug-likeness (QED) is 0.246. The zero-order chi connectivity index (χ0) is 23.0. The van der Waals surface area contributed by atoms with Gasteiger partial charge in [0.25, 0.3) is 11.8 Å². The molecule has 1 saturated heterocycles. The van der Waals surface area contributed by atoms with E-state index in [0.29, 0.717) is 33.1 Å². The van der Waals surface area contributed by atoms with Crippen LogP contribution in [-0.4, -0.2) is 75.9 Å². The van der Waals surface area contributed by atoms with E-state index in [-0.39, 0.29) is 11.3 Å². The molecule has 2 aromatic rings. The summed E-state index contributed by atoms with van der Waals surface area (Å²) in [7, 11) is 1.68. The highest BCUT2D eigenvalue weighted by Gasteiger charge is 2.54. The number of hydrogen-bond acceptors (Lipinski definition) is 11. The number of aliphatic carboxylic acids is 1. The monoisotopic (exact) mass is 558 g/mol. The molecule has 2 atom stereocenters. The summed E-state index contributed by atoms with van der Waals surface area (Å²) in [6.07, 6.45) is 0. The molecule has 16 heteroatoms. The van der Waals surface area contributed by atoms with Crippen LogP contribution in [0.1, 0.15) is 5.69 Å². The Morgan fingerprint density at radius 1 is 1.50 bits per heavy atom. The first-order valence-corrected chi connectivity index (χ1v) is 12.7. The molecular weight excluding hydrogens is 544 g/mol. The van der Waals surface area contributed by atoms with Crippen molar-refractivity contribution in [1.29, 1.82) is 0 Å². The third-order valence-corrected chi connectivity index (χ3v) is 8.21. The number of nitrogens with one attached hydrogen (secondary N) is 1. The second-order valence-corrected chi connectivity index (χ2v) is 9.98. The zero-order valence-corrected chi connectivity index (χ0v) is 20.3. The number of rotatable bonds is 7. The minimum atomic E-state index is -1.20. The van der Waals surface area contributed by atoms with E-state index in [4.69, 9.17) is 5.73 Å². The van der Waals surface area contributed by atoms with Gasteiger partial charge in [-0.25, -0.2) is 14.5 Å². The Morgan fingerprint density at radius 2 is 2.28 bits per heavy atom. The lowest BCUT2D eigenvalue weighted by Crippen LogP contribution is -2.70. The number of amides is 2. The number of carbonyl (C=O) groups is 3. The van der Waals surface area contributed by atoms with E-state index in [1.807, 2.05) is 0 Å². The molecule has 2 aliphatic rings. The Bertz CT molecular complexity index is 1160. The third-order valence-electron chi connectivity index (χ3n) is 4.64. The number of nitrogens with zero attached hydrogens (tertiary/aromatic N) is 6. The maximum absolute atomic E-state index is 12.8. The smallest absolute Gasteiger partial charge is 0.352 e. The molecule has 4 N–H and O–H groups in total. The molecule has 4 heterocycles. The number of aryl methyl sites for hydroxylation is 1. The lowest BCUT2D eigenvalue weighted by Gasteiger charge is -2.49. The molecule has 0 saturated carbocycles. The number of anilines is 1. The summed E-state index contributed by atoms with van der Waals surface area (Å²) in [5, 5.41) is 25.6. The van der Waals surface area contributed by atoms with Gasteiger partial charge in [0.15, 0.2) is 5.13 Å². The number of carbonyl (C=O) groups excluding carboxylic acids is 2. The fraction of sp³-hybridized carbons (Fsp3) is 0.312. The zero-order valence-electron chi connectivity index (χ0n) is 16.3. The van der Waals surface area contributed by atoms with Crippen molar-refractivity contribution in [2.45, 2.75) is 16.6 Å². The van der Waals surface area contributed by atoms with Crippen molar-refractivity contribution < 1.29 is 19.5 Å². The Morgan fingerprint density at radius 3 is 2.88 bits per heavy atom. The molecule has 0 spiro atoms. The van der Waals surface area contributed by atoms with E-state index in [9.17, 15) is 19.5 Å². The average molecular weight is 559 g/mol. The molecule has 0 radical (unpaired) electrons. The van der Waals surface area contributed by atoms with Gasteiger partial charge in [0.05, 0.1) is 11.3 Å². The summed E-state index contributed by atoms with van der Waals surface area (Å²) in [5.74, 6) is -1.48. The van der Waals surface area contributed by atoms with Crippen LogP contribution in [0.5, 0.6) is 0 Å². The third kappa shape index (κ3) is 4.14. The number of aromatic nitrogens is 5. The van der Waals surface area contributed by atoms with Gasteiger partial charge < -0.3 is 16.2 Å². The molecule has 0 aliphatic carbocycles. The van der Waals surface area contributed by atoms with Crippen LogP contribution in [-0.2, 0) is 21.4 Å². The van der Waals surface area contributed by atoms with Gasteiger partial charge in [-0.15, -0.1) is 28.2 Å². The fourth-order valence-corrected chi connectivity index (χ4v) is 6.48. The number of tetrazole rings is 1. The summed E-state index contributed by atoms with van der Waals surface area (Å²) in [6.45, 7) is 0. The van der Waals surface area contributed by atoms with E-state index in [1.165, 1.54) is 49.4 Å². The van der Waals surface area contributed by atoms with Crippen LogP contribution in [0.3, 0.4) is 0 Å². The molecule has 2 aromatic heterocycles. The van der Waals surface area contributed by atoms with Crippen molar-refractivity contribution >= 4 is 79.3 Å². The average Bonchev–Trinajstić information content (AvgIpc) is 3.37.